The molecule has 0 radical (unpaired) electrons. The molecule has 1 fully saturated rings. The predicted molar refractivity (Wildman–Crippen MR) is 146 cm³/mol. The molecule has 3 amide bonds. The van der Waals surface area contributed by atoms with Crippen LogP contribution >= 0.6 is 56.8 Å². The monoisotopic (exact) mass is 684 g/mol. The Morgan fingerprint density at radius 2 is 1.58 bits per heavy atom. The van der Waals surface area contributed by atoms with Crippen LogP contribution in [0.4, 0.5) is 4.79 Å². The number of carbonyl (C=O) groups excluding carboxylic acids is 2. The summed E-state index contributed by atoms with van der Waals surface area (Å²) in [6.07, 6.45) is 1.70. The van der Waals surface area contributed by atoms with E-state index < -0.39 is 6.03 Å². The third-order valence-electron chi connectivity index (χ3n) is 5.05. The number of nitrogens with one attached hydrogen (secondary N) is 1. The molecular formula is C25H19ClI2N2O3. The van der Waals surface area contributed by atoms with Crippen LogP contribution in [0, 0.1) is 14.1 Å². The predicted octanol–water partition coefficient (Wildman–Crippen LogP) is 6.53. The van der Waals surface area contributed by atoms with E-state index in [1.807, 2.05) is 67.6 Å². The zero-order valence-electron chi connectivity index (χ0n) is 17.6. The van der Waals surface area contributed by atoms with Gasteiger partial charge in [0.15, 0.2) is 0 Å². The number of aryl methyl sites for hydroxylation is 1. The maximum atomic E-state index is 12.8. The van der Waals surface area contributed by atoms with Crippen LogP contribution in [0.25, 0.3) is 6.08 Å². The van der Waals surface area contributed by atoms with Gasteiger partial charge in [0.25, 0.3) is 5.91 Å². The third kappa shape index (κ3) is 5.88. The standard InChI is InChI=1S/C25H19ClI2N2O3/c1-15-2-4-16(5-3-15)13-30-24(31)22(29-25(30)32)12-18-10-20(27)23(21(28)11-18)33-14-17-6-8-19(26)9-7-17/h2-12H,13-14H2,1H3,(H,29,32)/b22-12+. The topological polar surface area (TPSA) is 58.6 Å². The molecule has 0 aromatic heterocycles. The number of nitrogens with zero attached hydrogens (tertiary/aromatic N) is 1. The SMILES string of the molecule is Cc1ccc(CN2C(=O)N/C(=C/c3cc(I)c(OCc4ccc(Cl)cc4)c(I)c3)C2=O)cc1. The summed E-state index contributed by atoms with van der Waals surface area (Å²) in [5.74, 6) is 0.435. The highest BCUT2D eigenvalue weighted by molar-refractivity contribution is 14.1. The number of rotatable bonds is 6. The minimum Gasteiger partial charge on any atom is -0.487 e. The van der Waals surface area contributed by atoms with E-state index in [2.05, 4.69) is 50.5 Å². The van der Waals surface area contributed by atoms with Crippen molar-refractivity contribution < 1.29 is 14.3 Å². The normalized spacial score (nSPS) is 14.7. The molecular weight excluding hydrogens is 666 g/mol. The molecule has 3 aromatic rings. The maximum Gasteiger partial charge on any atom is 0.329 e. The van der Waals surface area contributed by atoms with Crippen molar-refractivity contribution in [1.29, 1.82) is 0 Å². The summed E-state index contributed by atoms with van der Waals surface area (Å²) in [6.45, 7) is 2.65. The number of amides is 3. The van der Waals surface area contributed by atoms with E-state index in [1.165, 1.54) is 4.90 Å². The molecule has 5 nitrogen and oxygen atoms in total. The van der Waals surface area contributed by atoms with Crippen molar-refractivity contribution in [3.63, 3.8) is 0 Å². The van der Waals surface area contributed by atoms with Gasteiger partial charge in [0.05, 0.1) is 13.7 Å². The van der Waals surface area contributed by atoms with Gasteiger partial charge in [-0.25, -0.2) is 4.79 Å². The molecule has 33 heavy (non-hydrogen) atoms. The van der Waals surface area contributed by atoms with Crippen LogP contribution in [0.15, 0.2) is 66.4 Å². The second-order valence-corrected chi connectivity index (χ2v) is 10.4. The first kappa shape index (κ1) is 24.0. The fourth-order valence-electron chi connectivity index (χ4n) is 3.29. The molecule has 1 saturated heterocycles. The molecule has 0 unspecified atom stereocenters. The maximum absolute atomic E-state index is 12.8. The van der Waals surface area contributed by atoms with Gasteiger partial charge in [-0.1, -0.05) is 53.6 Å². The van der Waals surface area contributed by atoms with Crippen LogP contribution in [0.2, 0.25) is 5.02 Å². The van der Waals surface area contributed by atoms with E-state index in [0.717, 1.165) is 35.1 Å². The van der Waals surface area contributed by atoms with Crippen molar-refractivity contribution in [2.75, 3.05) is 0 Å². The molecule has 1 heterocycles. The number of imide groups is 1. The van der Waals surface area contributed by atoms with Gasteiger partial charge in [-0.15, -0.1) is 0 Å². The zero-order valence-corrected chi connectivity index (χ0v) is 22.6. The Bertz CT molecular complexity index is 1220. The number of hydrogen-bond donors (Lipinski definition) is 1. The average Bonchev–Trinajstić information content (AvgIpc) is 3.03. The van der Waals surface area contributed by atoms with E-state index in [-0.39, 0.29) is 18.1 Å². The Balaban J connectivity index is 1.49. The van der Waals surface area contributed by atoms with E-state index in [4.69, 9.17) is 16.3 Å². The molecule has 0 spiro atoms. The summed E-state index contributed by atoms with van der Waals surface area (Å²) in [4.78, 5) is 26.5. The zero-order chi connectivity index (χ0) is 23.5. The Morgan fingerprint density at radius 3 is 2.21 bits per heavy atom. The molecule has 0 aliphatic carbocycles. The van der Waals surface area contributed by atoms with Gasteiger partial charge >= 0.3 is 6.03 Å². The van der Waals surface area contributed by atoms with Gasteiger partial charge in [0.1, 0.15) is 18.1 Å². The summed E-state index contributed by atoms with van der Waals surface area (Å²) in [5, 5.41) is 3.38. The summed E-state index contributed by atoms with van der Waals surface area (Å²) >= 11 is 10.4. The third-order valence-corrected chi connectivity index (χ3v) is 6.91. The van der Waals surface area contributed by atoms with Gasteiger partial charge in [0.2, 0.25) is 0 Å². The Hall–Kier alpha value is -2.11. The molecule has 4 rings (SSSR count). The summed E-state index contributed by atoms with van der Waals surface area (Å²) < 4.78 is 7.85. The van der Waals surface area contributed by atoms with Crippen LogP contribution in [-0.4, -0.2) is 16.8 Å². The fraction of sp³-hybridized carbons (Fsp3) is 0.120. The first-order valence-electron chi connectivity index (χ1n) is 10.1. The molecule has 1 aliphatic heterocycles. The van der Waals surface area contributed by atoms with E-state index in [9.17, 15) is 9.59 Å². The number of hydrogen-bond acceptors (Lipinski definition) is 3. The Kier molecular flexibility index (Phi) is 7.60. The molecule has 168 valence electrons. The number of benzene rings is 3. The van der Waals surface area contributed by atoms with Crippen molar-refractivity contribution in [2.24, 2.45) is 0 Å². The first-order chi connectivity index (χ1) is 15.8. The lowest BCUT2D eigenvalue weighted by molar-refractivity contribution is -0.123. The van der Waals surface area contributed by atoms with Crippen molar-refractivity contribution in [3.8, 4) is 5.75 Å². The smallest absolute Gasteiger partial charge is 0.329 e. The molecule has 0 saturated carbocycles. The van der Waals surface area contributed by atoms with Gasteiger partial charge in [-0.2, -0.15) is 0 Å². The quantitative estimate of drug-likeness (QED) is 0.183. The largest absolute Gasteiger partial charge is 0.487 e. The summed E-state index contributed by atoms with van der Waals surface area (Å²) in [6, 6.07) is 18.7. The number of carbonyl (C=O) groups is 2. The van der Waals surface area contributed by atoms with E-state index in [0.29, 0.717) is 11.6 Å². The van der Waals surface area contributed by atoms with Gasteiger partial charge in [0, 0.05) is 5.02 Å². The molecule has 1 aliphatic rings. The Labute approximate surface area is 224 Å². The molecule has 3 aromatic carbocycles. The van der Waals surface area contributed by atoms with E-state index in [1.54, 1.807) is 6.08 Å². The van der Waals surface area contributed by atoms with Crippen molar-refractivity contribution >= 4 is 74.8 Å². The average molecular weight is 685 g/mol. The van der Waals surface area contributed by atoms with Crippen LogP contribution < -0.4 is 10.1 Å². The van der Waals surface area contributed by atoms with Crippen molar-refractivity contribution in [3.05, 3.63) is 101 Å². The van der Waals surface area contributed by atoms with Crippen LogP contribution in [-0.2, 0) is 17.9 Å². The second kappa shape index (κ2) is 10.4. The highest BCUT2D eigenvalue weighted by Crippen LogP contribution is 2.31. The highest BCUT2D eigenvalue weighted by Gasteiger charge is 2.33. The highest BCUT2D eigenvalue weighted by atomic mass is 127. The lowest BCUT2D eigenvalue weighted by atomic mass is 10.1. The molecule has 8 heteroatoms. The molecule has 0 atom stereocenters. The van der Waals surface area contributed by atoms with E-state index >= 15 is 0 Å². The van der Waals surface area contributed by atoms with Crippen LogP contribution in [0.3, 0.4) is 0 Å². The lowest BCUT2D eigenvalue weighted by Crippen LogP contribution is -2.30. The Morgan fingerprint density at radius 1 is 0.970 bits per heavy atom. The second-order valence-electron chi connectivity index (χ2n) is 7.59. The van der Waals surface area contributed by atoms with Crippen molar-refractivity contribution in [1.82, 2.24) is 10.2 Å². The minimum atomic E-state index is -0.417. The van der Waals surface area contributed by atoms with Crippen LogP contribution in [0.5, 0.6) is 5.75 Å². The van der Waals surface area contributed by atoms with Gasteiger partial charge in [-0.05, 0) is 99.1 Å². The molecule has 1 N–H and O–H groups in total. The number of ether oxygens (including phenoxy) is 1. The summed E-state index contributed by atoms with van der Waals surface area (Å²) in [7, 11) is 0. The van der Waals surface area contributed by atoms with Gasteiger partial charge < -0.3 is 10.1 Å². The summed E-state index contributed by atoms with van der Waals surface area (Å²) in [5.41, 5.74) is 4.11. The minimum absolute atomic E-state index is 0.231. The lowest BCUT2D eigenvalue weighted by Gasteiger charge is -2.12. The number of halogens is 3. The van der Waals surface area contributed by atoms with Crippen LogP contribution in [0.1, 0.15) is 22.3 Å². The van der Waals surface area contributed by atoms with Gasteiger partial charge in [-0.3, -0.25) is 9.69 Å². The fourth-order valence-corrected chi connectivity index (χ4v) is 5.55. The molecule has 0 bridgehead atoms. The first-order valence-corrected chi connectivity index (χ1v) is 12.6. The number of urea groups is 1. The van der Waals surface area contributed by atoms with Crippen molar-refractivity contribution in [2.45, 2.75) is 20.1 Å².